The highest BCUT2D eigenvalue weighted by atomic mass is 32.2. The molecule has 1 aromatic carbocycles. The van der Waals surface area contributed by atoms with E-state index in [1.54, 1.807) is 0 Å². The molecule has 0 heterocycles. The molecule has 148 valence electrons. The third-order valence-electron chi connectivity index (χ3n) is 4.06. The zero-order valence-electron chi connectivity index (χ0n) is 16.3. The van der Waals surface area contributed by atoms with Crippen LogP contribution in [0.25, 0.3) is 0 Å². The highest BCUT2D eigenvalue weighted by Crippen LogP contribution is 2.27. The van der Waals surface area contributed by atoms with Gasteiger partial charge in [0.15, 0.2) is 0 Å². The van der Waals surface area contributed by atoms with Crippen molar-refractivity contribution in [1.29, 1.82) is 0 Å². The van der Waals surface area contributed by atoms with Gasteiger partial charge in [0.25, 0.3) is 0 Å². The van der Waals surface area contributed by atoms with Crippen molar-refractivity contribution < 1.29 is 9.90 Å². The maximum atomic E-state index is 10.7. The number of carboxylic acid groups (broad SMARTS) is 1. The molecule has 0 saturated heterocycles. The van der Waals surface area contributed by atoms with E-state index >= 15 is 0 Å². The third-order valence-corrected chi connectivity index (χ3v) is 6.57. The van der Waals surface area contributed by atoms with Crippen LogP contribution in [-0.4, -0.2) is 27.8 Å². The Hall–Kier alpha value is -1.39. The molecule has 4 heteroatoms. The summed E-state index contributed by atoms with van der Waals surface area (Å²) in [5.74, 6) is 2.46. The Bertz CT molecular complexity index is 594. The molecule has 0 aromatic heterocycles. The average Bonchev–Trinajstić information content (AvgIpc) is 2.66. The normalized spacial score (nSPS) is 13.0. The minimum atomic E-state index is -0.690. The molecule has 2 nitrogen and oxygen atoms in total. The first-order chi connectivity index (χ1) is 13.2. The van der Waals surface area contributed by atoms with Gasteiger partial charge in [0.1, 0.15) is 0 Å². The predicted molar refractivity (Wildman–Crippen MR) is 123 cm³/mol. The third kappa shape index (κ3) is 12.6. The zero-order chi connectivity index (χ0) is 19.7. The maximum absolute atomic E-state index is 10.7. The Balaban J connectivity index is 2.42. The Morgan fingerprint density at radius 3 is 2.67 bits per heavy atom. The van der Waals surface area contributed by atoms with E-state index in [2.05, 4.69) is 49.1 Å². The Morgan fingerprint density at radius 2 is 2.00 bits per heavy atom. The summed E-state index contributed by atoms with van der Waals surface area (Å²) in [6.07, 6.45) is 12.4. The molecule has 0 aliphatic rings. The van der Waals surface area contributed by atoms with Gasteiger partial charge >= 0.3 is 5.97 Å². The molecule has 1 N–H and O–H groups in total. The zero-order valence-corrected chi connectivity index (χ0v) is 17.9. The molecule has 0 aliphatic heterocycles. The summed E-state index contributed by atoms with van der Waals surface area (Å²) >= 11 is 3.97. The number of unbranched alkanes of at least 4 members (excludes halogenated alkanes) is 1. The lowest BCUT2D eigenvalue weighted by Crippen LogP contribution is -2.06. The second kappa shape index (κ2) is 15.6. The van der Waals surface area contributed by atoms with Crippen LogP contribution in [0.3, 0.4) is 0 Å². The first kappa shape index (κ1) is 23.6. The smallest absolute Gasteiger partial charge is 0.303 e. The van der Waals surface area contributed by atoms with Gasteiger partial charge in [0, 0.05) is 23.2 Å². The number of allylic oxidation sites excluding steroid dienone is 4. The lowest BCUT2D eigenvalue weighted by atomic mass is 10.1. The largest absolute Gasteiger partial charge is 0.481 e. The van der Waals surface area contributed by atoms with E-state index < -0.39 is 5.97 Å². The molecule has 1 aromatic rings. The van der Waals surface area contributed by atoms with Gasteiger partial charge < -0.3 is 5.11 Å². The first-order valence-electron chi connectivity index (χ1n) is 9.55. The maximum Gasteiger partial charge on any atom is 0.303 e. The fourth-order valence-electron chi connectivity index (χ4n) is 2.67. The van der Waals surface area contributed by atoms with Crippen molar-refractivity contribution in [3.8, 4) is 0 Å². The summed E-state index contributed by atoms with van der Waals surface area (Å²) in [6, 6.07) is 10.6. The molecule has 0 bridgehead atoms. The number of hydrogen-bond donors (Lipinski definition) is 1. The first-order valence-corrected chi connectivity index (χ1v) is 11.8. The molecule has 0 fully saturated rings. The molecule has 0 spiro atoms. The lowest BCUT2D eigenvalue weighted by Gasteiger charge is -2.16. The minimum Gasteiger partial charge on any atom is -0.481 e. The average molecular weight is 405 g/mol. The van der Waals surface area contributed by atoms with Gasteiger partial charge in [-0.15, -0.1) is 0 Å². The fraction of sp³-hybridized carbons (Fsp3) is 0.435. The van der Waals surface area contributed by atoms with Crippen LogP contribution in [0.15, 0.2) is 66.8 Å². The number of benzene rings is 1. The number of thioether (sulfide) groups is 2. The number of aliphatic carboxylic acids is 1. The molecule has 1 rings (SSSR count). The summed E-state index contributed by atoms with van der Waals surface area (Å²) in [5, 5.41) is 9.40. The van der Waals surface area contributed by atoms with Gasteiger partial charge in [0.05, 0.1) is 0 Å². The van der Waals surface area contributed by atoms with E-state index in [0.717, 1.165) is 42.9 Å². The van der Waals surface area contributed by atoms with Crippen LogP contribution in [0.2, 0.25) is 0 Å². The van der Waals surface area contributed by atoms with Gasteiger partial charge in [-0.3, -0.25) is 4.79 Å². The van der Waals surface area contributed by atoms with Crippen molar-refractivity contribution in [3.63, 3.8) is 0 Å². The van der Waals surface area contributed by atoms with Crippen molar-refractivity contribution in [3.05, 3.63) is 72.4 Å². The van der Waals surface area contributed by atoms with E-state index in [9.17, 15) is 4.79 Å². The highest BCUT2D eigenvalue weighted by Gasteiger charge is 2.10. The van der Waals surface area contributed by atoms with Crippen molar-refractivity contribution in [2.45, 2.75) is 50.0 Å². The Labute approximate surface area is 173 Å². The molecule has 0 amide bonds. The second-order valence-corrected chi connectivity index (χ2v) is 8.77. The van der Waals surface area contributed by atoms with Crippen LogP contribution in [0.4, 0.5) is 0 Å². The summed E-state index contributed by atoms with van der Waals surface area (Å²) in [6.45, 7) is 5.82. The van der Waals surface area contributed by atoms with E-state index in [1.165, 1.54) is 11.1 Å². The van der Waals surface area contributed by atoms with Crippen LogP contribution in [-0.2, 0) is 10.5 Å². The highest BCUT2D eigenvalue weighted by molar-refractivity contribution is 8.00. The molecular formula is C23H32O2S2. The molecule has 1 unspecified atom stereocenters. The van der Waals surface area contributed by atoms with Crippen molar-refractivity contribution in [2.24, 2.45) is 0 Å². The van der Waals surface area contributed by atoms with Gasteiger partial charge in [-0.1, -0.05) is 67.6 Å². The van der Waals surface area contributed by atoms with Crippen molar-refractivity contribution in [2.75, 3.05) is 11.5 Å². The van der Waals surface area contributed by atoms with Crippen LogP contribution in [0.1, 0.15) is 44.6 Å². The molecule has 0 saturated carbocycles. The molecule has 0 radical (unpaired) electrons. The second-order valence-electron chi connectivity index (χ2n) is 6.38. The standard InChI is InChI=1S/C23H32O2S2/c1-3-10-20(11-4-2)18-26-17-16-22(14-8-9-15-23(24)25)27-19-21-12-6-5-7-13-21/h3-7,10-13,22H,1,8-9,14-19H2,2H3,(H,24,25). The number of carboxylic acids is 1. The number of hydrogen-bond acceptors (Lipinski definition) is 3. The summed E-state index contributed by atoms with van der Waals surface area (Å²) in [4.78, 5) is 10.7. The summed E-state index contributed by atoms with van der Waals surface area (Å²) < 4.78 is 0. The van der Waals surface area contributed by atoms with Crippen LogP contribution in [0.5, 0.6) is 0 Å². The molecule has 1 atom stereocenters. The SMILES string of the molecule is C=CC=C(C=CC)CSCCC(CCCCC(=O)O)SCc1ccccc1. The van der Waals surface area contributed by atoms with Gasteiger partial charge in [-0.05, 0) is 43.1 Å². The number of carbonyl (C=O) groups is 1. The van der Waals surface area contributed by atoms with Crippen LogP contribution >= 0.6 is 23.5 Å². The van der Waals surface area contributed by atoms with Crippen molar-refractivity contribution in [1.82, 2.24) is 0 Å². The summed E-state index contributed by atoms with van der Waals surface area (Å²) in [7, 11) is 0. The lowest BCUT2D eigenvalue weighted by molar-refractivity contribution is -0.137. The van der Waals surface area contributed by atoms with E-state index in [1.807, 2.05) is 42.6 Å². The topological polar surface area (TPSA) is 37.3 Å². The van der Waals surface area contributed by atoms with Gasteiger partial charge in [0.2, 0.25) is 0 Å². The van der Waals surface area contributed by atoms with Crippen LogP contribution in [0, 0.1) is 0 Å². The molecule has 0 aliphatic carbocycles. The number of rotatable bonds is 15. The molecular weight excluding hydrogens is 372 g/mol. The fourth-order valence-corrected chi connectivity index (χ4v) is 5.08. The Kier molecular flexibility index (Phi) is 13.7. The van der Waals surface area contributed by atoms with Gasteiger partial charge in [-0.2, -0.15) is 23.5 Å². The van der Waals surface area contributed by atoms with E-state index in [0.29, 0.717) is 5.25 Å². The summed E-state index contributed by atoms with van der Waals surface area (Å²) in [5.41, 5.74) is 2.66. The Morgan fingerprint density at radius 1 is 1.22 bits per heavy atom. The van der Waals surface area contributed by atoms with E-state index in [4.69, 9.17) is 5.11 Å². The minimum absolute atomic E-state index is 0.282. The predicted octanol–water partition coefficient (Wildman–Crippen LogP) is 6.75. The quantitative estimate of drug-likeness (QED) is 0.259. The van der Waals surface area contributed by atoms with E-state index in [-0.39, 0.29) is 6.42 Å². The van der Waals surface area contributed by atoms with Gasteiger partial charge in [-0.25, -0.2) is 0 Å². The van der Waals surface area contributed by atoms with Crippen molar-refractivity contribution >= 4 is 29.5 Å². The van der Waals surface area contributed by atoms with Crippen LogP contribution < -0.4 is 0 Å². The molecule has 27 heavy (non-hydrogen) atoms. The monoisotopic (exact) mass is 404 g/mol.